The topological polar surface area (TPSA) is 62.5 Å². The zero-order valence-electron chi connectivity index (χ0n) is 13.1. The van der Waals surface area contributed by atoms with Crippen LogP contribution in [0.25, 0.3) is 10.9 Å². The summed E-state index contributed by atoms with van der Waals surface area (Å²) in [6, 6.07) is 3.98. The lowest BCUT2D eigenvalue weighted by molar-refractivity contribution is 0.0698. The van der Waals surface area contributed by atoms with Crippen molar-refractivity contribution in [2.24, 2.45) is 0 Å². The summed E-state index contributed by atoms with van der Waals surface area (Å²) < 4.78 is 2.10. The molecule has 0 fully saturated rings. The number of benzene rings is 1. The van der Waals surface area contributed by atoms with E-state index in [1.54, 1.807) is 6.07 Å². The lowest BCUT2D eigenvalue weighted by atomic mass is 10.0. The van der Waals surface area contributed by atoms with Gasteiger partial charge < -0.3 is 14.8 Å². The Morgan fingerprint density at radius 2 is 1.95 bits per heavy atom. The number of aryl methyl sites for hydroxylation is 2. The molecular weight excluding hydrogens is 266 g/mol. The number of carboxylic acid groups (broad SMARTS) is 1. The number of hydrogen-bond acceptors (Lipinski definition) is 2. The highest BCUT2D eigenvalue weighted by atomic mass is 16.4. The standard InChI is InChI=1S/C17H23NO3/c1-10(2)18-12(4)13(6-5-7-19)14-8-11(3)9-15(16(14)18)17(20)21/h8-10,19H,5-7H2,1-4H3,(H,20,21). The first kappa shape index (κ1) is 15.6. The lowest BCUT2D eigenvalue weighted by Crippen LogP contribution is -2.07. The predicted octanol–water partition coefficient (Wildman–Crippen LogP) is 3.46. The minimum atomic E-state index is -0.892. The average molecular weight is 289 g/mol. The van der Waals surface area contributed by atoms with E-state index in [2.05, 4.69) is 24.5 Å². The van der Waals surface area contributed by atoms with E-state index in [-0.39, 0.29) is 12.6 Å². The Morgan fingerprint density at radius 3 is 2.48 bits per heavy atom. The Balaban J connectivity index is 2.86. The first-order chi connectivity index (χ1) is 9.88. The molecule has 4 heteroatoms. The smallest absolute Gasteiger partial charge is 0.337 e. The Kier molecular flexibility index (Phi) is 4.37. The molecule has 2 rings (SSSR count). The Morgan fingerprint density at radius 1 is 1.29 bits per heavy atom. The number of aliphatic hydroxyl groups is 1. The first-order valence-electron chi connectivity index (χ1n) is 7.36. The van der Waals surface area contributed by atoms with Crippen LogP contribution in [0.1, 0.15) is 53.5 Å². The molecule has 1 aromatic heterocycles. The van der Waals surface area contributed by atoms with Gasteiger partial charge in [-0.3, -0.25) is 0 Å². The molecule has 2 N–H and O–H groups in total. The number of hydrogen-bond donors (Lipinski definition) is 2. The first-order valence-corrected chi connectivity index (χ1v) is 7.36. The molecule has 0 amide bonds. The number of carboxylic acids is 1. The molecule has 0 radical (unpaired) electrons. The molecule has 0 aliphatic rings. The maximum atomic E-state index is 11.6. The summed E-state index contributed by atoms with van der Waals surface area (Å²) in [5, 5.41) is 19.6. The van der Waals surface area contributed by atoms with Crippen LogP contribution < -0.4 is 0 Å². The molecule has 1 heterocycles. The number of aromatic nitrogens is 1. The summed E-state index contributed by atoms with van der Waals surface area (Å²) in [5.41, 5.74) is 4.36. The number of rotatable bonds is 5. The van der Waals surface area contributed by atoms with Gasteiger partial charge in [0.25, 0.3) is 0 Å². The highest BCUT2D eigenvalue weighted by molar-refractivity contribution is 6.04. The van der Waals surface area contributed by atoms with Crippen LogP contribution in [0, 0.1) is 13.8 Å². The molecule has 0 spiro atoms. The Hall–Kier alpha value is -1.81. The van der Waals surface area contributed by atoms with Crippen molar-refractivity contribution in [3.63, 3.8) is 0 Å². The lowest BCUT2D eigenvalue weighted by Gasteiger charge is -2.14. The van der Waals surface area contributed by atoms with Crippen molar-refractivity contribution in [2.45, 2.75) is 46.6 Å². The normalized spacial score (nSPS) is 11.5. The number of fused-ring (bicyclic) bond motifs is 1. The average Bonchev–Trinajstić information content (AvgIpc) is 2.67. The summed E-state index contributed by atoms with van der Waals surface area (Å²) >= 11 is 0. The van der Waals surface area contributed by atoms with Crippen molar-refractivity contribution in [1.29, 1.82) is 0 Å². The fraction of sp³-hybridized carbons (Fsp3) is 0.471. The molecule has 21 heavy (non-hydrogen) atoms. The van der Waals surface area contributed by atoms with E-state index in [1.807, 2.05) is 13.8 Å². The van der Waals surface area contributed by atoms with Crippen molar-refractivity contribution < 1.29 is 15.0 Å². The van der Waals surface area contributed by atoms with E-state index in [1.165, 1.54) is 0 Å². The fourth-order valence-corrected chi connectivity index (χ4v) is 3.16. The highest BCUT2D eigenvalue weighted by Crippen LogP contribution is 2.33. The number of aromatic carboxylic acids is 1. The second-order valence-corrected chi connectivity index (χ2v) is 5.87. The van der Waals surface area contributed by atoms with Crippen LogP contribution in [0.5, 0.6) is 0 Å². The zero-order chi connectivity index (χ0) is 15.7. The molecule has 0 aliphatic heterocycles. The van der Waals surface area contributed by atoms with Gasteiger partial charge in [-0.25, -0.2) is 4.79 Å². The van der Waals surface area contributed by atoms with E-state index in [0.29, 0.717) is 12.0 Å². The fourth-order valence-electron chi connectivity index (χ4n) is 3.16. The van der Waals surface area contributed by atoms with Crippen molar-refractivity contribution in [2.75, 3.05) is 6.61 Å². The maximum absolute atomic E-state index is 11.6. The molecule has 0 saturated heterocycles. The molecule has 0 saturated carbocycles. The van der Waals surface area contributed by atoms with E-state index in [4.69, 9.17) is 5.11 Å². The van der Waals surface area contributed by atoms with Gasteiger partial charge in [-0.05, 0) is 63.8 Å². The van der Waals surface area contributed by atoms with Gasteiger partial charge in [0.05, 0.1) is 11.1 Å². The van der Waals surface area contributed by atoms with Crippen LogP contribution in [-0.2, 0) is 6.42 Å². The summed E-state index contributed by atoms with van der Waals surface area (Å²) in [6.45, 7) is 8.23. The third kappa shape index (κ3) is 2.68. The summed E-state index contributed by atoms with van der Waals surface area (Å²) in [4.78, 5) is 11.6. The minimum Gasteiger partial charge on any atom is -0.478 e. The van der Waals surface area contributed by atoms with Crippen molar-refractivity contribution in [3.05, 3.63) is 34.5 Å². The molecular formula is C17H23NO3. The molecule has 0 bridgehead atoms. The number of nitrogens with zero attached hydrogens (tertiary/aromatic N) is 1. The molecule has 114 valence electrons. The second-order valence-electron chi connectivity index (χ2n) is 5.87. The van der Waals surface area contributed by atoms with Gasteiger partial charge in [0.2, 0.25) is 0 Å². The second kappa shape index (κ2) is 5.90. The van der Waals surface area contributed by atoms with E-state index in [0.717, 1.165) is 34.1 Å². The van der Waals surface area contributed by atoms with Gasteiger partial charge in [0.15, 0.2) is 0 Å². The van der Waals surface area contributed by atoms with Crippen molar-refractivity contribution in [3.8, 4) is 0 Å². The van der Waals surface area contributed by atoms with E-state index >= 15 is 0 Å². The van der Waals surface area contributed by atoms with Crippen LogP contribution in [0.4, 0.5) is 0 Å². The van der Waals surface area contributed by atoms with Crippen molar-refractivity contribution >= 4 is 16.9 Å². The van der Waals surface area contributed by atoms with E-state index < -0.39 is 5.97 Å². The van der Waals surface area contributed by atoms with Gasteiger partial charge in [-0.1, -0.05) is 0 Å². The van der Waals surface area contributed by atoms with E-state index in [9.17, 15) is 9.90 Å². The highest BCUT2D eigenvalue weighted by Gasteiger charge is 2.21. The van der Waals surface area contributed by atoms with Gasteiger partial charge in [-0.15, -0.1) is 0 Å². The van der Waals surface area contributed by atoms with Gasteiger partial charge in [0, 0.05) is 23.7 Å². The molecule has 0 unspecified atom stereocenters. The van der Waals surface area contributed by atoms with Crippen LogP contribution in [0.15, 0.2) is 12.1 Å². The largest absolute Gasteiger partial charge is 0.478 e. The molecule has 4 nitrogen and oxygen atoms in total. The van der Waals surface area contributed by atoms with Gasteiger partial charge >= 0.3 is 5.97 Å². The van der Waals surface area contributed by atoms with Gasteiger partial charge in [0.1, 0.15) is 0 Å². The maximum Gasteiger partial charge on any atom is 0.337 e. The molecule has 0 aliphatic carbocycles. The third-order valence-electron chi connectivity index (χ3n) is 3.95. The number of carbonyl (C=O) groups is 1. The SMILES string of the molecule is Cc1cc(C(=O)O)c2c(c1)c(CCCO)c(C)n2C(C)C. The Bertz CT molecular complexity index is 683. The molecule has 1 aromatic carbocycles. The number of aliphatic hydroxyl groups excluding tert-OH is 1. The Labute approximate surface area is 125 Å². The minimum absolute atomic E-state index is 0.144. The zero-order valence-corrected chi connectivity index (χ0v) is 13.1. The van der Waals surface area contributed by atoms with Crippen LogP contribution >= 0.6 is 0 Å². The molecule has 2 aromatic rings. The molecule has 0 atom stereocenters. The summed E-state index contributed by atoms with van der Waals surface area (Å²) in [5.74, 6) is -0.892. The van der Waals surface area contributed by atoms with Crippen LogP contribution in [-0.4, -0.2) is 27.4 Å². The monoisotopic (exact) mass is 289 g/mol. The third-order valence-corrected chi connectivity index (χ3v) is 3.95. The predicted molar refractivity (Wildman–Crippen MR) is 84.2 cm³/mol. The van der Waals surface area contributed by atoms with Crippen molar-refractivity contribution in [1.82, 2.24) is 4.57 Å². The van der Waals surface area contributed by atoms with Crippen LogP contribution in [0.3, 0.4) is 0 Å². The van der Waals surface area contributed by atoms with Gasteiger partial charge in [-0.2, -0.15) is 0 Å². The van der Waals surface area contributed by atoms with Crippen LogP contribution in [0.2, 0.25) is 0 Å². The summed E-state index contributed by atoms with van der Waals surface area (Å²) in [6.07, 6.45) is 1.45. The summed E-state index contributed by atoms with van der Waals surface area (Å²) in [7, 11) is 0. The quantitative estimate of drug-likeness (QED) is 0.886.